The number of halogens is 1. The van der Waals surface area contributed by atoms with Crippen LogP contribution in [-0.4, -0.2) is 19.9 Å². The Balaban J connectivity index is 1.45. The zero-order chi connectivity index (χ0) is 26.9. The molecule has 0 amide bonds. The van der Waals surface area contributed by atoms with Gasteiger partial charge >= 0.3 is 0 Å². The lowest BCUT2D eigenvalue weighted by atomic mass is 9.87. The van der Waals surface area contributed by atoms with Gasteiger partial charge in [-0.1, -0.05) is 81.4 Å². The van der Waals surface area contributed by atoms with E-state index in [1.165, 1.54) is 16.7 Å². The smallest absolute Gasteiger partial charge is 0.226 e. The highest BCUT2D eigenvalue weighted by molar-refractivity contribution is 6.28. The molecular weight excluding hydrogens is 488 g/mol. The average Bonchev–Trinajstić information content (AvgIpc) is 2.87. The zero-order valence-corrected chi connectivity index (χ0v) is 23.2. The molecule has 2 aromatic heterocycles. The Kier molecular flexibility index (Phi) is 7.09. The fourth-order valence-corrected chi connectivity index (χ4v) is 4.90. The largest absolute Gasteiger partial charge is 0.258 e. The number of rotatable bonds is 5. The van der Waals surface area contributed by atoms with Crippen molar-refractivity contribution in [3.8, 4) is 45.0 Å². The third-order valence-electron chi connectivity index (χ3n) is 6.28. The van der Waals surface area contributed by atoms with E-state index in [0.717, 1.165) is 40.1 Å². The molecule has 0 radical (unpaired) electrons. The molecule has 0 aliphatic carbocycles. The van der Waals surface area contributed by atoms with Gasteiger partial charge < -0.3 is 0 Å². The van der Waals surface area contributed by atoms with Gasteiger partial charge in [0, 0.05) is 22.5 Å². The highest BCUT2D eigenvalue weighted by atomic mass is 35.5. The van der Waals surface area contributed by atoms with E-state index in [1.54, 1.807) is 0 Å². The summed E-state index contributed by atoms with van der Waals surface area (Å²) in [6.07, 6.45) is 0.966. The molecule has 0 atom stereocenters. The average molecular weight is 519 g/mol. The first-order chi connectivity index (χ1) is 18.1. The Morgan fingerprint density at radius 1 is 0.553 bits per heavy atom. The van der Waals surface area contributed by atoms with Gasteiger partial charge in [-0.15, -0.1) is 0 Å². The number of aryl methyl sites for hydroxylation is 2. The van der Waals surface area contributed by atoms with E-state index in [0.29, 0.717) is 11.6 Å². The molecule has 38 heavy (non-hydrogen) atoms. The Labute approximate surface area is 229 Å². The molecule has 0 N–H and O–H groups in total. The number of benzene rings is 3. The molecule has 0 unspecified atom stereocenters. The van der Waals surface area contributed by atoms with Crippen LogP contribution in [0.5, 0.6) is 0 Å². The second-order valence-electron chi connectivity index (χ2n) is 11.0. The summed E-state index contributed by atoms with van der Waals surface area (Å²) in [5.74, 6) is 1.14. The lowest BCUT2D eigenvalue weighted by molar-refractivity contribution is 0.411. The molecule has 5 heteroatoms. The van der Waals surface area contributed by atoms with E-state index in [2.05, 4.69) is 96.4 Å². The van der Waals surface area contributed by atoms with Crippen LogP contribution in [0.1, 0.15) is 37.7 Å². The second-order valence-corrected chi connectivity index (χ2v) is 11.3. The first-order valence-corrected chi connectivity index (χ1v) is 13.2. The maximum atomic E-state index is 6.38. The fourth-order valence-electron chi connectivity index (χ4n) is 4.74. The van der Waals surface area contributed by atoms with E-state index < -0.39 is 0 Å². The summed E-state index contributed by atoms with van der Waals surface area (Å²) >= 11 is 6.38. The van der Waals surface area contributed by atoms with Crippen LogP contribution in [0, 0.1) is 19.3 Å². The van der Waals surface area contributed by atoms with Gasteiger partial charge in [0.1, 0.15) is 0 Å². The molecule has 0 aliphatic rings. The van der Waals surface area contributed by atoms with Crippen LogP contribution in [-0.2, 0) is 6.42 Å². The molecule has 3 aromatic carbocycles. The summed E-state index contributed by atoms with van der Waals surface area (Å²) in [6, 6.07) is 29.4. The van der Waals surface area contributed by atoms with Crippen molar-refractivity contribution in [3.63, 3.8) is 0 Å². The van der Waals surface area contributed by atoms with Gasteiger partial charge in [0.2, 0.25) is 5.28 Å². The van der Waals surface area contributed by atoms with Crippen molar-refractivity contribution >= 4 is 11.6 Å². The summed E-state index contributed by atoms with van der Waals surface area (Å²) in [7, 11) is 0. The van der Waals surface area contributed by atoms with Crippen LogP contribution >= 0.6 is 11.6 Å². The predicted octanol–water partition coefficient (Wildman–Crippen LogP) is 8.79. The fraction of sp³-hybridized carbons (Fsp3) is 0.212. The summed E-state index contributed by atoms with van der Waals surface area (Å²) < 4.78 is 0. The van der Waals surface area contributed by atoms with Gasteiger partial charge in [-0.2, -0.15) is 9.97 Å². The van der Waals surface area contributed by atoms with Crippen LogP contribution in [0.25, 0.3) is 45.0 Å². The van der Waals surface area contributed by atoms with Gasteiger partial charge in [-0.05, 0) is 89.4 Å². The lowest BCUT2D eigenvalue weighted by Gasteiger charge is -2.18. The molecule has 4 nitrogen and oxygen atoms in total. The van der Waals surface area contributed by atoms with Crippen LogP contribution < -0.4 is 0 Å². The van der Waals surface area contributed by atoms with Gasteiger partial charge in [-0.25, -0.2) is 4.98 Å². The summed E-state index contributed by atoms with van der Waals surface area (Å²) in [4.78, 5) is 18.2. The zero-order valence-electron chi connectivity index (χ0n) is 22.5. The minimum atomic E-state index is 0.184. The molecule has 0 aliphatic heterocycles. The van der Waals surface area contributed by atoms with Gasteiger partial charge in [0.05, 0.1) is 0 Å². The van der Waals surface area contributed by atoms with Crippen molar-refractivity contribution in [3.05, 3.63) is 107 Å². The quantitative estimate of drug-likeness (QED) is 0.233. The number of pyridine rings is 1. The van der Waals surface area contributed by atoms with Crippen molar-refractivity contribution < 1.29 is 0 Å². The normalized spacial score (nSPS) is 11.5. The molecular formula is C33H31ClN4. The minimum Gasteiger partial charge on any atom is -0.258 e. The Hall–Kier alpha value is -3.89. The van der Waals surface area contributed by atoms with Crippen molar-refractivity contribution in [1.29, 1.82) is 0 Å². The van der Waals surface area contributed by atoms with Crippen LogP contribution in [0.3, 0.4) is 0 Å². The van der Waals surface area contributed by atoms with E-state index >= 15 is 0 Å². The van der Waals surface area contributed by atoms with Gasteiger partial charge in [0.25, 0.3) is 0 Å². The van der Waals surface area contributed by atoms with Gasteiger partial charge in [-0.3, -0.25) is 4.98 Å². The molecule has 190 valence electrons. The van der Waals surface area contributed by atoms with Crippen molar-refractivity contribution in [2.24, 2.45) is 5.41 Å². The standard InChI is InChI=1S/C33H31ClN4/c1-21-16-29(17-22(2)35-21)25-14-12-24(13-15-25)26-9-7-11-28(19-26)31-36-30(37-32(34)38-31)27-10-6-8-23(18-27)20-33(3,4)5/h6-19H,20H2,1-5H3. The highest BCUT2D eigenvalue weighted by Gasteiger charge is 2.14. The highest BCUT2D eigenvalue weighted by Crippen LogP contribution is 2.30. The molecule has 2 heterocycles. The van der Waals surface area contributed by atoms with E-state index in [-0.39, 0.29) is 10.7 Å². The van der Waals surface area contributed by atoms with E-state index in [1.807, 2.05) is 38.1 Å². The SMILES string of the molecule is Cc1cc(-c2ccc(-c3cccc(-c4nc(Cl)nc(-c5cccc(CC(C)(C)C)c5)n4)c3)cc2)cc(C)n1. The summed E-state index contributed by atoms with van der Waals surface area (Å²) in [6.45, 7) is 10.8. The summed E-state index contributed by atoms with van der Waals surface area (Å²) in [5, 5.41) is 0.184. The number of hydrogen-bond acceptors (Lipinski definition) is 4. The maximum Gasteiger partial charge on any atom is 0.226 e. The van der Waals surface area contributed by atoms with Crippen LogP contribution in [0.15, 0.2) is 84.9 Å². The summed E-state index contributed by atoms with van der Waals surface area (Å²) in [5.41, 5.74) is 9.85. The third-order valence-corrected chi connectivity index (χ3v) is 6.45. The van der Waals surface area contributed by atoms with Gasteiger partial charge in [0.15, 0.2) is 11.6 Å². The monoisotopic (exact) mass is 518 g/mol. The Morgan fingerprint density at radius 2 is 1.08 bits per heavy atom. The molecule has 0 bridgehead atoms. The first kappa shape index (κ1) is 25.7. The molecule has 5 aromatic rings. The first-order valence-electron chi connectivity index (χ1n) is 12.8. The van der Waals surface area contributed by atoms with E-state index in [4.69, 9.17) is 16.6 Å². The molecule has 0 fully saturated rings. The van der Waals surface area contributed by atoms with Crippen LogP contribution in [0.2, 0.25) is 5.28 Å². The predicted molar refractivity (Wildman–Crippen MR) is 157 cm³/mol. The topological polar surface area (TPSA) is 51.6 Å². The number of hydrogen-bond donors (Lipinski definition) is 0. The minimum absolute atomic E-state index is 0.184. The Morgan fingerprint density at radius 3 is 1.68 bits per heavy atom. The van der Waals surface area contributed by atoms with Crippen molar-refractivity contribution in [2.45, 2.75) is 41.0 Å². The number of aromatic nitrogens is 4. The molecule has 0 saturated carbocycles. The third kappa shape index (κ3) is 6.15. The number of nitrogens with zero attached hydrogens (tertiary/aromatic N) is 4. The molecule has 5 rings (SSSR count). The van der Waals surface area contributed by atoms with Crippen LogP contribution in [0.4, 0.5) is 0 Å². The van der Waals surface area contributed by atoms with E-state index in [9.17, 15) is 0 Å². The molecule has 0 spiro atoms. The van der Waals surface area contributed by atoms with Crippen molar-refractivity contribution in [2.75, 3.05) is 0 Å². The molecule has 0 saturated heterocycles. The second kappa shape index (κ2) is 10.5. The van der Waals surface area contributed by atoms with Crippen molar-refractivity contribution in [1.82, 2.24) is 19.9 Å². The maximum absolute atomic E-state index is 6.38. The Bertz CT molecular complexity index is 1580. The lowest BCUT2D eigenvalue weighted by Crippen LogP contribution is -2.09.